The molecule has 1 aromatic carbocycles. The third-order valence-electron chi connectivity index (χ3n) is 3.68. The highest BCUT2D eigenvalue weighted by atomic mass is 32.2. The third-order valence-corrected chi connectivity index (χ3v) is 5.70. The summed E-state index contributed by atoms with van der Waals surface area (Å²) in [4.78, 5) is 8.06. The summed E-state index contributed by atoms with van der Waals surface area (Å²) >= 11 is 0. The van der Waals surface area contributed by atoms with Crippen LogP contribution in [0.25, 0.3) is 0 Å². The summed E-state index contributed by atoms with van der Waals surface area (Å²) in [6.07, 6.45) is 3.38. The maximum absolute atomic E-state index is 13.2. The predicted octanol–water partition coefficient (Wildman–Crippen LogP) is 1.77. The van der Waals surface area contributed by atoms with E-state index < -0.39 is 15.8 Å². The van der Waals surface area contributed by atoms with Gasteiger partial charge in [-0.2, -0.15) is 4.31 Å². The van der Waals surface area contributed by atoms with E-state index in [1.165, 1.54) is 16.4 Å². The standard InChI is InChI=1S/C15H16FN3O3S/c1-11-9-12(16)3-4-14(11)23(20,21)19-8-5-13(10-19)22-15-17-6-2-7-18-15/h2-4,6-7,9,13H,5,8,10H2,1H3/t13-/m1/s1. The van der Waals surface area contributed by atoms with Crippen molar-refractivity contribution in [1.29, 1.82) is 0 Å². The van der Waals surface area contributed by atoms with Crippen LogP contribution in [0.1, 0.15) is 12.0 Å². The van der Waals surface area contributed by atoms with Crippen LogP contribution in [0, 0.1) is 12.7 Å². The Hall–Kier alpha value is -2.06. The van der Waals surface area contributed by atoms with E-state index in [-0.39, 0.29) is 23.6 Å². The lowest BCUT2D eigenvalue weighted by molar-refractivity contribution is 0.197. The average Bonchev–Trinajstić information content (AvgIpc) is 2.97. The van der Waals surface area contributed by atoms with Gasteiger partial charge in [0.15, 0.2) is 0 Å². The molecule has 1 aromatic heterocycles. The van der Waals surface area contributed by atoms with E-state index >= 15 is 0 Å². The van der Waals surface area contributed by atoms with Gasteiger partial charge >= 0.3 is 6.01 Å². The monoisotopic (exact) mass is 337 g/mol. The minimum absolute atomic E-state index is 0.121. The molecule has 3 rings (SSSR count). The normalized spacial score (nSPS) is 19.0. The largest absolute Gasteiger partial charge is 0.459 e. The molecule has 0 amide bonds. The molecule has 1 aliphatic rings. The second-order valence-corrected chi connectivity index (χ2v) is 7.24. The van der Waals surface area contributed by atoms with Crippen LogP contribution in [0.4, 0.5) is 4.39 Å². The Morgan fingerprint density at radius 1 is 1.30 bits per heavy atom. The quantitative estimate of drug-likeness (QED) is 0.850. The molecule has 0 bridgehead atoms. The van der Waals surface area contributed by atoms with E-state index in [4.69, 9.17) is 4.74 Å². The van der Waals surface area contributed by atoms with Gasteiger partial charge in [-0.3, -0.25) is 0 Å². The molecule has 23 heavy (non-hydrogen) atoms. The van der Waals surface area contributed by atoms with Crippen molar-refractivity contribution in [2.75, 3.05) is 13.1 Å². The minimum Gasteiger partial charge on any atom is -0.459 e. The van der Waals surface area contributed by atoms with Crippen LogP contribution in [0.2, 0.25) is 0 Å². The molecule has 1 fully saturated rings. The van der Waals surface area contributed by atoms with Crippen LogP contribution in [0.15, 0.2) is 41.6 Å². The minimum atomic E-state index is -3.67. The van der Waals surface area contributed by atoms with Gasteiger partial charge in [0.1, 0.15) is 11.9 Å². The van der Waals surface area contributed by atoms with Crippen molar-refractivity contribution in [3.05, 3.63) is 48.0 Å². The molecule has 0 N–H and O–H groups in total. The van der Waals surface area contributed by atoms with Gasteiger partial charge < -0.3 is 4.74 Å². The molecule has 1 saturated heterocycles. The number of hydrogen-bond acceptors (Lipinski definition) is 5. The van der Waals surface area contributed by atoms with Gasteiger partial charge in [-0.25, -0.2) is 22.8 Å². The highest BCUT2D eigenvalue weighted by Crippen LogP contribution is 2.25. The van der Waals surface area contributed by atoms with E-state index in [2.05, 4.69) is 9.97 Å². The molecule has 1 atom stereocenters. The number of halogens is 1. The van der Waals surface area contributed by atoms with Crippen LogP contribution in [0.3, 0.4) is 0 Å². The first-order chi connectivity index (χ1) is 11.0. The van der Waals surface area contributed by atoms with Crippen LogP contribution in [0.5, 0.6) is 6.01 Å². The SMILES string of the molecule is Cc1cc(F)ccc1S(=O)(=O)N1CC[C@@H](Oc2ncccn2)C1. The van der Waals surface area contributed by atoms with Crippen LogP contribution in [-0.4, -0.2) is 41.9 Å². The van der Waals surface area contributed by atoms with Crippen molar-refractivity contribution < 1.29 is 17.5 Å². The fourth-order valence-electron chi connectivity index (χ4n) is 2.55. The first kappa shape index (κ1) is 15.8. The van der Waals surface area contributed by atoms with Crippen molar-refractivity contribution in [3.63, 3.8) is 0 Å². The van der Waals surface area contributed by atoms with Crippen molar-refractivity contribution in [2.24, 2.45) is 0 Å². The molecular formula is C15H16FN3O3S. The molecule has 2 heterocycles. The summed E-state index contributed by atoms with van der Waals surface area (Å²) in [5.41, 5.74) is 0.390. The molecule has 122 valence electrons. The molecule has 0 aliphatic carbocycles. The molecule has 1 aliphatic heterocycles. The van der Waals surface area contributed by atoms with Crippen LogP contribution in [-0.2, 0) is 10.0 Å². The van der Waals surface area contributed by atoms with Gasteiger partial charge in [-0.05, 0) is 43.2 Å². The number of ether oxygens (including phenoxy) is 1. The number of aromatic nitrogens is 2. The van der Waals surface area contributed by atoms with Gasteiger partial charge in [0.2, 0.25) is 10.0 Å². The Bertz CT molecular complexity index is 799. The zero-order valence-corrected chi connectivity index (χ0v) is 13.3. The molecular weight excluding hydrogens is 321 g/mol. The van der Waals surface area contributed by atoms with Gasteiger partial charge in [0, 0.05) is 18.9 Å². The van der Waals surface area contributed by atoms with Gasteiger partial charge in [-0.1, -0.05) is 0 Å². The highest BCUT2D eigenvalue weighted by Gasteiger charge is 2.34. The summed E-state index contributed by atoms with van der Waals surface area (Å²) in [5, 5.41) is 0. The fourth-order valence-corrected chi connectivity index (χ4v) is 4.24. The zero-order valence-electron chi connectivity index (χ0n) is 12.5. The first-order valence-electron chi connectivity index (χ1n) is 7.17. The van der Waals surface area contributed by atoms with Gasteiger partial charge in [0.05, 0.1) is 11.4 Å². The lowest BCUT2D eigenvalue weighted by Crippen LogP contribution is -2.31. The second-order valence-electron chi connectivity index (χ2n) is 5.33. The van der Waals surface area contributed by atoms with Gasteiger partial charge in [-0.15, -0.1) is 0 Å². The van der Waals surface area contributed by atoms with Crippen molar-refractivity contribution in [2.45, 2.75) is 24.3 Å². The molecule has 2 aromatic rings. The zero-order chi connectivity index (χ0) is 16.4. The predicted molar refractivity (Wildman–Crippen MR) is 81.0 cm³/mol. The number of aryl methyl sites for hydroxylation is 1. The van der Waals surface area contributed by atoms with E-state index in [9.17, 15) is 12.8 Å². The van der Waals surface area contributed by atoms with Crippen LogP contribution < -0.4 is 4.74 Å². The first-order valence-corrected chi connectivity index (χ1v) is 8.61. The Kier molecular flexibility index (Phi) is 4.27. The maximum Gasteiger partial charge on any atom is 0.316 e. The highest BCUT2D eigenvalue weighted by molar-refractivity contribution is 7.89. The lowest BCUT2D eigenvalue weighted by atomic mass is 10.2. The number of nitrogens with zero attached hydrogens (tertiary/aromatic N) is 3. The van der Waals surface area contributed by atoms with E-state index in [1.54, 1.807) is 25.4 Å². The number of benzene rings is 1. The van der Waals surface area contributed by atoms with E-state index in [0.717, 1.165) is 6.07 Å². The summed E-state index contributed by atoms with van der Waals surface area (Å²) in [5.74, 6) is -0.453. The van der Waals surface area contributed by atoms with E-state index in [1.807, 2.05) is 0 Å². The fraction of sp³-hybridized carbons (Fsp3) is 0.333. The molecule has 0 radical (unpaired) electrons. The number of hydrogen-bond donors (Lipinski definition) is 0. The molecule has 0 saturated carbocycles. The summed E-state index contributed by atoms with van der Waals surface area (Å²) in [6.45, 7) is 2.14. The Morgan fingerprint density at radius 2 is 2.04 bits per heavy atom. The Balaban J connectivity index is 1.75. The van der Waals surface area contributed by atoms with E-state index in [0.29, 0.717) is 18.5 Å². The average molecular weight is 337 g/mol. The summed E-state index contributed by atoms with van der Waals surface area (Å²) < 4.78 is 45.5. The third kappa shape index (κ3) is 3.32. The van der Waals surface area contributed by atoms with Crippen molar-refractivity contribution in [3.8, 4) is 6.01 Å². The lowest BCUT2D eigenvalue weighted by Gasteiger charge is -2.18. The summed E-state index contributed by atoms with van der Waals surface area (Å²) in [7, 11) is -3.67. The number of sulfonamides is 1. The Labute approximate surface area is 134 Å². The molecule has 0 unspecified atom stereocenters. The molecule has 6 nitrogen and oxygen atoms in total. The molecule has 0 spiro atoms. The topological polar surface area (TPSA) is 72.4 Å². The van der Waals surface area contributed by atoms with Crippen molar-refractivity contribution >= 4 is 10.0 Å². The van der Waals surface area contributed by atoms with Gasteiger partial charge in [0.25, 0.3) is 0 Å². The van der Waals surface area contributed by atoms with Crippen molar-refractivity contribution in [1.82, 2.24) is 14.3 Å². The number of rotatable bonds is 4. The smallest absolute Gasteiger partial charge is 0.316 e. The molecule has 8 heteroatoms. The van der Waals surface area contributed by atoms with Crippen LogP contribution >= 0.6 is 0 Å². The maximum atomic E-state index is 13.2. The summed E-state index contributed by atoms with van der Waals surface area (Å²) in [6, 6.07) is 5.58. The second kappa shape index (κ2) is 6.21. The Morgan fingerprint density at radius 3 is 2.74 bits per heavy atom.